The lowest BCUT2D eigenvalue weighted by atomic mass is 10.1. The first-order valence-electron chi connectivity index (χ1n) is 21.4. The van der Waals surface area contributed by atoms with Gasteiger partial charge >= 0.3 is 23.9 Å². The van der Waals surface area contributed by atoms with Crippen molar-refractivity contribution in [1.29, 1.82) is 0 Å². The molecule has 8 aromatic rings. The summed E-state index contributed by atoms with van der Waals surface area (Å²) in [6, 6.07) is 50.6. The Hall–Kier alpha value is -7.00. The van der Waals surface area contributed by atoms with Gasteiger partial charge in [0.05, 0.1) is 32.3 Å². The number of alkyl halides is 3. The number of benzene rings is 8. The van der Waals surface area contributed by atoms with Gasteiger partial charge in [-0.05, 0) is 91.6 Å². The van der Waals surface area contributed by atoms with Gasteiger partial charge in [-0.3, -0.25) is 4.79 Å². The second-order valence-corrected chi connectivity index (χ2v) is 18.3. The number of carbonyl (C=O) groups excluding carboxylic acids is 5. The standard InChI is InChI=1S/C27H20BrFO5.C27H21FO5S/c28-23(16-33-26(31)21-11-9-17-5-1-3-7-19(17)13-21)25(24(29)15-30)34-27(32)22-12-10-18-6-2-4-8-20(18)14-22;28-23-24(33-26(30)21-12-10-17-6-2-4-8-19(17)14-21)22(34-27(23)31)15-32-25(29)20-11-9-16-5-1-3-7-18(16)13-20/h1-15,23-25H,16H2;1-14,22-24,27,31H,15H2/t23-,24+,25+;22-,23+,24-,27-/m01/s1. The molecule has 68 heavy (non-hydrogen) atoms. The van der Waals surface area contributed by atoms with Crippen LogP contribution in [0.2, 0.25) is 0 Å². The largest absolute Gasteiger partial charge is 0.461 e. The molecule has 0 saturated carbocycles. The fraction of sp³-hybridized carbons (Fsp3) is 0.167. The highest BCUT2D eigenvalue weighted by atomic mass is 79.9. The molecule has 344 valence electrons. The van der Waals surface area contributed by atoms with Crippen molar-refractivity contribution in [2.24, 2.45) is 0 Å². The second kappa shape index (κ2) is 21.7. The van der Waals surface area contributed by atoms with Crippen LogP contribution in [0.3, 0.4) is 0 Å². The van der Waals surface area contributed by atoms with E-state index >= 15 is 0 Å². The molecule has 0 unspecified atom stereocenters. The van der Waals surface area contributed by atoms with E-state index in [4.69, 9.17) is 18.9 Å². The topological polar surface area (TPSA) is 143 Å². The minimum absolute atomic E-state index is 0.0533. The highest BCUT2D eigenvalue weighted by molar-refractivity contribution is 9.09. The van der Waals surface area contributed by atoms with E-state index in [1.54, 1.807) is 66.7 Å². The van der Waals surface area contributed by atoms with E-state index in [0.29, 0.717) is 11.1 Å². The zero-order valence-electron chi connectivity index (χ0n) is 35.9. The van der Waals surface area contributed by atoms with Crippen LogP contribution in [0.15, 0.2) is 170 Å². The molecule has 0 aliphatic carbocycles. The van der Waals surface area contributed by atoms with Crippen LogP contribution in [0.5, 0.6) is 0 Å². The van der Waals surface area contributed by atoms with Gasteiger partial charge < -0.3 is 24.1 Å². The van der Waals surface area contributed by atoms with E-state index in [1.165, 1.54) is 0 Å². The zero-order valence-corrected chi connectivity index (χ0v) is 38.3. The molecule has 0 amide bonds. The molecule has 1 aliphatic heterocycles. The minimum atomic E-state index is -2.10. The summed E-state index contributed by atoms with van der Waals surface area (Å²) in [5, 5.41) is 16.6. The van der Waals surface area contributed by atoms with Crippen LogP contribution in [0.1, 0.15) is 41.4 Å². The van der Waals surface area contributed by atoms with Crippen molar-refractivity contribution in [2.45, 2.75) is 40.1 Å². The molecule has 1 saturated heterocycles. The Morgan fingerprint density at radius 3 is 1.38 bits per heavy atom. The summed E-state index contributed by atoms with van der Waals surface area (Å²) in [6.45, 7) is -0.515. The molecular weight excluding hydrogens is 959 g/mol. The Kier molecular flexibility index (Phi) is 15.2. The molecule has 1 fully saturated rings. The maximum atomic E-state index is 14.7. The van der Waals surface area contributed by atoms with E-state index in [1.807, 2.05) is 103 Å². The van der Waals surface area contributed by atoms with Crippen molar-refractivity contribution in [2.75, 3.05) is 13.2 Å². The van der Waals surface area contributed by atoms with Crippen LogP contribution < -0.4 is 0 Å². The smallest absolute Gasteiger partial charge is 0.338 e. The van der Waals surface area contributed by atoms with Gasteiger partial charge in [-0.25, -0.2) is 28.0 Å². The molecule has 1 N–H and O–H groups in total. The van der Waals surface area contributed by atoms with Crippen molar-refractivity contribution in [3.63, 3.8) is 0 Å². The average molecular weight is 1000 g/mol. The molecule has 1 heterocycles. The third-order valence-corrected chi connectivity index (χ3v) is 13.3. The number of hydrogen-bond donors (Lipinski definition) is 1. The summed E-state index contributed by atoms with van der Waals surface area (Å²) in [6.07, 6.45) is -6.58. The van der Waals surface area contributed by atoms with Gasteiger partial charge in [0, 0.05) is 0 Å². The van der Waals surface area contributed by atoms with Gasteiger partial charge in [-0.1, -0.05) is 137 Å². The molecule has 0 spiro atoms. The number of thioether (sulfide) groups is 1. The van der Waals surface area contributed by atoms with Crippen LogP contribution in [0, 0.1) is 0 Å². The summed E-state index contributed by atoms with van der Waals surface area (Å²) in [5.41, 5.74) is -0.184. The Morgan fingerprint density at radius 1 is 0.574 bits per heavy atom. The van der Waals surface area contributed by atoms with Crippen LogP contribution >= 0.6 is 27.7 Å². The lowest BCUT2D eigenvalue weighted by Gasteiger charge is -2.23. The molecule has 7 atom stereocenters. The molecule has 0 bridgehead atoms. The lowest BCUT2D eigenvalue weighted by Crippen LogP contribution is -2.39. The van der Waals surface area contributed by atoms with Crippen molar-refractivity contribution in [3.05, 3.63) is 192 Å². The third kappa shape index (κ3) is 11.2. The van der Waals surface area contributed by atoms with Crippen molar-refractivity contribution >= 4 is 101 Å². The third-order valence-electron chi connectivity index (χ3n) is 11.2. The number of esters is 4. The van der Waals surface area contributed by atoms with Gasteiger partial charge in [0.2, 0.25) is 0 Å². The molecule has 0 radical (unpaired) electrons. The number of carbonyl (C=O) groups is 5. The summed E-state index contributed by atoms with van der Waals surface area (Å²) < 4.78 is 50.5. The number of halogens is 3. The monoisotopic (exact) mass is 998 g/mol. The molecule has 9 rings (SSSR count). The van der Waals surface area contributed by atoms with Crippen molar-refractivity contribution < 1.29 is 56.8 Å². The first kappa shape index (κ1) is 47.5. The predicted octanol–water partition coefficient (Wildman–Crippen LogP) is 10.8. The predicted molar refractivity (Wildman–Crippen MR) is 261 cm³/mol. The van der Waals surface area contributed by atoms with E-state index in [0.717, 1.165) is 54.9 Å². The summed E-state index contributed by atoms with van der Waals surface area (Å²) in [7, 11) is 0. The van der Waals surface area contributed by atoms with Crippen molar-refractivity contribution in [1.82, 2.24) is 0 Å². The first-order chi connectivity index (χ1) is 32.9. The number of fused-ring (bicyclic) bond motifs is 4. The number of ether oxygens (including phenoxy) is 4. The Balaban J connectivity index is 0.000000184. The number of aliphatic hydroxyl groups excluding tert-OH is 1. The van der Waals surface area contributed by atoms with E-state index in [9.17, 15) is 37.9 Å². The van der Waals surface area contributed by atoms with E-state index < -0.39 is 63.9 Å². The highest BCUT2D eigenvalue weighted by Crippen LogP contribution is 2.38. The fourth-order valence-electron chi connectivity index (χ4n) is 7.61. The number of rotatable bonds is 13. The van der Waals surface area contributed by atoms with Crippen LogP contribution in [0.4, 0.5) is 8.78 Å². The van der Waals surface area contributed by atoms with Gasteiger partial charge in [0.25, 0.3) is 0 Å². The molecular formula is C54H41BrF2O10S. The van der Waals surface area contributed by atoms with Crippen LogP contribution in [-0.4, -0.2) is 88.5 Å². The Bertz CT molecular complexity index is 3150. The summed E-state index contributed by atoms with van der Waals surface area (Å²) in [5.74, 6) is -2.66. The van der Waals surface area contributed by atoms with Crippen LogP contribution in [-0.2, 0) is 23.7 Å². The summed E-state index contributed by atoms with van der Waals surface area (Å²) in [4.78, 5) is 60.7. The number of aldehydes is 1. The molecule has 8 aromatic carbocycles. The Labute approximate surface area is 401 Å². The Morgan fingerprint density at radius 2 is 0.956 bits per heavy atom. The van der Waals surface area contributed by atoms with Gasteiger partial charge in [0.15, 0.2) is 30.8 Å². The summed E-state index contributed by atoms with van der Waals surface area (Å²) >= 11 is 4.10. The fourth-order valence-corrected chi connectivity index (χ4v) is 9.31. The number of aliphatic hydroxyl groups is 1. The average Bonchev–Trinajstić information content (AvgIpc) is 3.65. The van der Waals surface area contributed by atoms with Gasteiger partial charge in [-0.2, -0.15) is 0 Å². The maximum absolute atomic E-state index is 14.7. The highest BCUT2D eigenvalue weighted by Gasteiger charge is 2.47. The quantitative estimate of drug-likeness (QED) is 0.0510. The van der Waals surface area contributed by atoms with E-state index in [2.05, 4.69) is 15.9 Å². The molecule has 10 nitrogen and oxygen atoms in total. The SMILES string of the molecule is O=C(OC[C@H]1S[C@@H](O)[C@@H](F)[C@@H]1OC(=O)c1ccc2ccccc2c1)c1ccc2ccccc2c1.O=C[C@@H](F)[C@H](OC(=O)c1ccc2ccccc2c1)[C@@H](Br)COC(=O)c1ccc2ccccc2c1. The molecule has 1 aliphatic rings. The van der Waals surface area contributed by atoms with Gasteiger partial charge in [0.1, 0.15) is 18.6 Å². The first-order valence-corrected chi connectivity index (χ1v) is 23.2. The zero-order chi connectivity index (χ0) is 47.7. The molecule has 14 heteroatoms. The van der Waals surface area contributed by atoms with Gasteiger partial charge in [-0.15, -0.1) is 11.8 Å². The van der Waals surface area contributed by atoms with Crippen LogP contribution in [0.25, 0.3) is 43.1 Å². The number of hydrogen-bond acceptors (Lipinski definition) is 11. The lowest BCUT2D eigenvalue weighted by molar-refractivity contribution is -0.115. The maximum Gasteiger partial charge on any atom is 0.338 e. The second-order valence-electron chi connectivity index (χ2n) is 15.8. The van der Waals surface area contributed by atoms with Crippen molar-refractivity contribution in [3.8, 4) is 0 Å². The minimum Gasteiger partial charge on any atom is -0.461 e. The van der Waals surface area contributed by atoms with E-state index in [-0.39, 0.29) is 30.6 Å². The molecule has 0 aromatic heterocycles. The normalized spacial score (nSPS) is 17.9.